The molecule has 0 bridgehead atoms. The molecular weight excluding hydrogens is 258 g/mol. The monoisotopic (exact) mass is 281 g/mol. The number of nitrogens with one attached hydrogen (secondary N) is 1. The molecule has 0 aromatic heterocycles. The molecule has 0 radical (unpaired) electrons. The largest absolute Gasteiger partial charge is 0.326 e. The standard InChI is InChI=1S/C15H23NO2S/c1-11-12(10-19(5)18)7-6-8-13(11)16-14(17)9-15(2,3)4/h6-8H,9-10H2,1-5H3,(H,16,17)/t19-/m1/s1. The summed E-state index contributed by atoms with van der Waals surface area (Å²) in [5.41, 5.74) is 2.81. The van der Waals surface area contributed by atoms with Gasteiger partial charge in [0.25, 0.3) is 0 Å². The molecule has 1 aromatic rings. The van der Waals surface area contributed by atoms with Gasteiger partial charge in [0.2, 0.25) is 5.91 Å². The van der Waals surface area contributed by atoms with Crippen LogP contribution < -0.4 is 5.32 Å². The van der Waals surface area contributed by atoms with Crippen LogP contribution in [-0.4, -0.2) is 16.4 Å². The van der Waals surface area contributed by atoms with Gasteiger partial charge in [-0.3, -0.25) is 9.00 Å². The van der Waals surface area contributed by atoms with E-state index >= 15 is 0 Å². The van der Waals surface area contributed by atoms with E-state index in [2.05, 4.69) is 5.32 Å². The van der Waals surface area contributed by atoms with Gasteiger partial charge in [-0.15, -0.1) is 0 Å². The van der Waals surface area contributed by atoms with Crippen molar-refractivity contribution in [2.24, 2.45) is 5.41 Å². The topological polar surface area (TPSA) is 46.2 Å². The number of hydrogen-bond acceptors (Lipinski definition) is 2. The lowest BCUT2D eigenvalue weighted by atomic mass is 9.92. The molecular formula is C15H23NO2S. The van der Waals surface area contributed by atoms with E-state index in [0.29, 0.717) is 12.2 Å². The van der Waals surface area contributed by atoms with Crippen molar-refractivity contribution in [2.45, 2.75) is 39.9 Å². The van der Waals surface area contributed by atoms with Gasteiger partial charge < -0.3 is 5.32 Å². The minimum absolute atomic E-state index is 0.0189. The van der Waals surface area contributed by atoms with Crippen molar-refractivity contribution in [2.75, 3.05) is 11.6 Å². The van der Waals surface area contributed by atoms with Crippen LogP contribution in [-0.2, 0) is 21.3 Å². The van der Waals surface area contributed by atoms with Crippen molar-refractivity contribution < 1.29 is 9.00 Å². The molecule has 0 aliphatic rings. The molecule has 106 valence electrons. The summed E-state index contributed by atoms with van der Waals surface area (Å²) in [6.45, 7) is 8.07. The smallest absolute Gasteiger partial charge is 0.224 e. The first kappa shape index (κ1) is 15.9. The average molecular weight is 281 g/mol. The quantitative estimate of drug-likeness (QED) is 0.921. The van der Waals surface area contributed by atoms with Crippen molar-refractivity contribution in [3.63, 3.8) is 0 Å². The summed E-state index contributed by atoms with van der Waals surface area (Å²) in [6, 6.07) is 5.73. The highest BCUT2D eigenvalue weighted by Gasteiger charge is 2.16. The van der Waals surface area contributed by atoms with Gasteiger partial charge in [-0.2, -0.15) is 0 Å². The Bertz CT molecular complexity index is 489. The molecule has 0 saturated carbocycles. The van der Waals surface area contributed by atoms with Crippen LogP contribution in [0.5, 0.6) is 0 Å². The minimum Gasteiger partial charge on any atom is -0.326 e. The Balaban J connectivity index is 2.85. The molecule has 1 atom stereocenters. The summed E-state index contributed by atoms with van der Waals surface area (Å²) in [6.07, 6.45) is 2.17. The zero-order valence-electron chi connectivity index (χ0n) is 12.4. The minimum atomic E-state index is -0.876. The van der Waals surface area contributed by atoms with E-state index in [9.17, 15) is 9.00 Å². The second kappa shape index (κ2) is 6.33. The Morgan fingerprint density at radius 1 is 1.32 bits per heavy atom. The first-order chi connectivity index (χ1) is 8.69. The highest BCUT2D eigenvalue weighted by atomic mass is 32.2. The van der Waals surface area contributed by atoms with Crippen LogP contribution in [0.4, 0.5) is 5.69 Å². The van der Waals surface area contributed by atoms with Gasteiger partial charge in [0.15, 0.2) is 0 Å². The molecule has 0 aliphatic heterocycles. The number of amides is 1. The summed E-state index contributed by atoms with van der Waals surface area (Å²) in [5, 5.41) is 2.94. The third-order valence-electron chi connectivity index (χ3n) is 2.77. The van der Waals surface area contributed by atoms with E-state index in [1.807, 2.05) is 45.9 Å². The fourth-order valence-electron chi connectivity index (χ4n) is 1.87. The van der Waals surface area contributed by atoms with Crippen molar-refractivity contribution >= 4 is 22.4 Å². The molecule has 0 unspecified atom stereocenters. The Hall–Kier alpha value is -1.16. The number of anilines is 1. The molecule has 0 heterocycles. The molecule has 1 amide bonds. The summed E-state index contributed by atoms with van der Waals surface area (Å²) in [5.74, 6) is 0.541. The van der Waals surface area contributed by atoms with Crippen LogP contribution in [0.2, 0.25) is 0 Å². The maximum absolute atomic E-state index is 11.9. The highest BCUT2D eigenvalue weighted by molar-refractivity contribution is 7.83. The maximum Gasteiger partial charge on any atom is 0.224 e. The first-order valence-electron chi connectivity index (χ1n) is 6.37. The lowest BCUT2D eigenvalue weighted by Gasteiger charge is -2.18. The van der Waals surface area contributed by atoms with Crippen molar-refractivity contribution in [1.82, 2.24) is 0 Å². The Morgan fingerprint density at radius 3 is 2.47 bits per heavy atom. The predicted octanol–water partition coefficient (Wildman–Crippen LogP) is 3.25. The number of carbonyl (C=O) groups excluding carboxylic acids is 1. The van der Waals surface area contributed by atoms with E-state index in [1.54, 1.807) is 6.26 Å². The molecule has 19 heavy (non-hydrogen) atoms. The fraction of sp³-hybridized carbons (Fsp3) is 0.533. The molecule has 0 fully saturated rings. The SMILES string of the molecule is Cc1c(C[S@@](C)=O)cccc1NC(=O)CC(C)(C)C. The normalized spacial score (nSPS) is 13.1. The molecule has 1 N–H and O–H groups in total. The van der Waals surface area contributed by atoms with Crippen molar-refractivity contribution in [3.8, 4) is 0 Å². The van der Waals surface area contributed by atoms with Crippen LogP contribution in [0.25, 0.3) is 0 Å². The van der Waals surface area contributed by atoms with E-state index in [-0.39, 0.29) is 11.3 Å². The summed E-state index contributed by atoms with van der Waals surface area (Å²) >= 11 is 0. The first-order valence-corrected chi connectivity index (χ1v) is 8.10. The van der Waals surface area contributed by atoms with Crippen LogP contribution in [0.15, 0.2) is 18.2 Å². The van der Waals surface area contributed by atoms with Gasteiger partial charge in [-0.25, -0.2) is 0 Å². The zero-order valence-corrected chi connectivity index (χ0v) is 13.2. The van der Waals surface area contributed by atoms with Crippen LogP contribution in [0, 0.1) is 12.3 Å². The molecule has 1 aromatic carbocycles. The van der Waals surface area contributed by atoms with E-state index in [0.717, 1.165) is 16.8 Å². The van der Waals surface area contributed by atoms with Gasteiger partial charge in [-0.1, -0.05) is 32.9 Å². The fourth-order valence-corrected chi connectivity index (χ4v) is 2.62. The molecule has 4 heteroatoms. The molecule has 0 saturated heterocycles. The zero-order chi connectivity index (χ0) is 14.6. The lowest BCUT2D eigenvalue weighted by molar-refractivity contribution is -0.117. The molecule has 3 nitrogen and oxygen atoms in total. The number of rotatable bonds is 4. The van der Waals surface area contributed by atoms with Gasteiger partial charge in [-0.05, 0) is 29.5 Å². The van der Waals surface area contributed by atoms with E-state index < -0.39 is 10.8 Å². The Morgan fingerprint density at radius 2 is 1.95 bits per heavy atom. The van der Waals surface area contributed by atoms with E-state index in [4.69, 9.17) is 0 Å². The number of hydrogen-bond donors (Lipinski definition) is 1. The second-order valence-electron chi connectivity index (χ2n) is 6.09. The highest BCUT2D eigenvalue weighted by Crippen LogP contribution is 2.23. The van der Waals surface area contributed by atoms with Crippen molar-refractivity contribution in [3.05, 3.63) is 29.3 Å². The molecule has 1 rings (SSSR count). The Kier molecular flexibility index (Phi) is 5.29. The lowest BCUT2D eigenvalue weighted by Crippen LogP contribution is -2.20. The van der Waals surface area contributed by atoms with Crippen LogP contribution in [0.3, 0.4) is 0 Å². The van der Waals surface area contributed by atoms with Crippen LogP contribution in [0.1, 0.15) is 38.3 Å². The summed E-state index contributed by atoms with van der Waals surface area (Å²) in [7, 11) is -0.876. The van der Waals surface area contributed by atoms with Gasteiger partial charge in [0.05, 0.1) is 0 Å². The van der Waals surface area contributed by atoms with Gasteiger partial charge >= 0.3 is 0 Å². The van der Waals surface area contributed by atoms with E-state index in [1.165, 1.54) is 0 Å². The van der Waals surface area contributed by atoms with Gasteiger partial charge in [0, 0.05) is 34.9 Å². The maximum atomic E-state index is 11.9. The number of benzene rings is 1. The number of carbonyl (C=O) groups is 1. The predicted molar refractivity (Wildman–Crippen MR) is 81.7 cm³/mol. The second-order valence-corrected chi connectivity index (χ2v) is 7.53. The van der Waals surface area contributed by atoms with Crippen LogP contribution >= 0.6 is 0 Å². The average Bonchev–Trinajstić information content (AvgIpc) is 2.20. The molecule has 0 aliphatic carbocycles. The molecule has 0 spiro atoms. The summed E-state index contributed by atoms with van der Waals surface area (Å²) < 4.78 is 11.3. The third kappa shape index (κ3) is 5.55. The summed E-state index contributed by atoms with van der Waals surface area (Å²) in [4.78, 5) is 11.9. The van der Waals surface area contributed by atoms with Gasteiger partial charge in [0.1, 0.15) is 0 Å². The third-order valence-corrected chi connectivity index (χ3v) is 3.49. The van der Waals surface area contributed by atoms with Crippen molar-refractivity contribution in [1.29, 1.82) is 0 Å². The Labute approximate surface area is 118 Å².